The fraction of sp³-hybridized carbons (Fsp3) is 0.278. The van der Waals surface area contributed by atoms with Crippen LogP contribution in [-0.4, -0.2) is 41.2 Å². The highest BCUT2D eigenvalue weighted by Crippen LogP contribution is 2.21. The lowest BCUT2D eigenvalue weighted by molar-refractivity contribution is -0.125. The molecule has 6 heteroatoms. The largest absolute Gasteiger partial charge is 0.455 e. The van der Waals surface area contributed by atoms with Crippen molar-refractivity contribution >= 4 is 18.2 Å². The Hall–Kier alpha value is -2.89. The van der Waals surface area contributed by atoms with Crippen molar-refractivity contribution in [3.8, 4) is 11.3 Å². The fourth-order valence-electron chi connectivity index (χ4n) is 2.46. The molecule has 0 unspecified atom stereocenters. The number of amides is 3. The normalized spacial score (nSPS) is 15.0. The van der Waals surface area contributed by atoms with E-state index in [1.165, 1.54) is 16.1 Å². The van der Waals surface area contributed by atoms with Gasteiger partial charge in [0.2, 0.25) is 0 Å². The van der Waals surface area contributed by atoms with Crippen LogP contribution in [0.15, 0.2) is 52.0 Å². The predicted molar refractivity (Wildman–Crippen MR) is 90.5 cm³/mol. The number of carbonyl (C=O) groups excluding carboxylic acids is 2. The van der Waals surface area contributed by atoms with Gasteiger partial charge in [-0.05, 0) is 18.6 Å². The highest BCUT2D eigenvalue weighted by Gasteiger charge is 2.35. The van der Waals surface area contributed by atoms with Crippen molar-refractivity contribution in [3.05, 3.63) is 48.2 Å². The number of rotatable bonds is 6. The summed E-state index contributed by atoms with van der Waals surface area (Å²) < 4.78 is 5.70. The first-order valence-corrected chi connectivity index (χ1v) is 8.00. The lowest BCUT2D eigenvalue weighted by Crippen LogP contribution is -2.32. The summed E-state index contributed by atoms with van der Waals surface area (Å²) in [5.74, 6) is 1.04. The Morgan fingerprint density at radius 3 is 2.71 bits per heavy atom. The molecular weight excluding hydrogens is 306 g/mol. The topological polar surface area (TPSA) is 66.1 Å². The summed E-state index contributed by atoms with van der Waals surface area (Å²) in [4.78, 5) is 25.3. The first-order valence-electron chi connectivity index (χ1n) is 8.00. The Kier molecular flexibility index (Phi) is 4.74. The van der Waals surface area contributed by atoms with Gasteiger partial charge in [0.15, 0.2) is 0 Å². The molecule has 3 rings (SSSR count). The Labute approximate surface area is 140 Å². The number of furan rings is 1. The Bertz CT molecular complexity index is 752. The van der Waals surface area contributed by atoms with Crippen LogP contribution in [0.4, 0.5) is 4.79 Å². The summed E-state index contributed by atoms with van der Waals surface area (Å²) in [6.07, 6.45) is 3.18. The Morgan fingerprint density at radius 2 is 1.96 bits per heavy atom. The van der Waals surface area contributed by atoms with Gasteiger partial charge in [0, 0.05) is 12.1 Å². The van der Waals surface area contributed by atoms with E-state index in [2.05, 4.69) is 5.10 Å². The van der Waals surface area contributed by atoms with Crippen LogP contribution in [0.3, 0.4) is 0 Å². The molecule has 0 bridgehead atoms. The summed E-state index contributed by atoms with van der Waals surface area (Å²) >= 11 is 0. The third-order valence-electron chi connectivity index (χ3n) is 3.78. The molecule has 3 amide bonds. The van der Waals surface area contributed by atoms with Gasteiger partial charge in [-0.15, -0.1) is 0 Å². The minimum atomic E-state index is -0.375. The van der Waals surface area contributed by atoms with Gasteiger partial charge in [0.05, 0.1) is 6.21 Å². The number of imide groups is 1. The maximum atomic E-state index is 12.2. The van der Waals surface area contributed by atoms with Gasteiger partial charge in [-0.1, -0.05) is 43.7 Å². The number of unbranched alkanes of at least 4 members (excludes halogenated alkanes) is 1. The lowest BCUT2D eigenvalue weighted by Gasteiger charge is -2.12. The van der Waals surface area contributed by atoms with Crippen LogP contribution in [0.1, 0.15) is 25.5 Å². The third-order valence-corrected chi connectivity index (χ3v) is 3.78. The number of nitrogens with zero attached hydrogens (tertiary/aromatic N) is 3. The van der Waals surface area contributed by atoms with Crippen molar-refractivity contribution in [2.45, 2.75) is 19.8 Å². The summed E-state index contributed by atoms with van der Waals surface area (Å²) in [5.41, 5.74) is 0.968. The van der Waals surface area contributed by atoms with E-state index in [9.17, 15) is 9.59 Å². The summed E-state index contributed by atoms with van der Waals surface area (Å²) in [5, 5.41) is 5.26. The SMILES string of the molecule is CCCCN1C(=O)CN(/N=C/c2ccc(-c3ccccc3)o2)C1=O. The zero-order chi connectivity index (χ0) is 16.9. The number of carbonyl (C=O) groups is 2. The van der Waals surface area contributed by atoms with E-state index in [4.69, 9.17) is 4.42 Å². The number of hydrogen-bond acceptors (Lipinski definition) is 4. The second-order valence-corrected chi connectivity index (χ2v) is 5.55. The van der Waals surface area contributed by atoms with Crippen molar-refractivity contribution in [1.29, 1.82) is 0 Å². The van der Waals surface area contributed by atoms with E-state index in [1.54, 1.807) is 6.07 Å². The van der Waals surface area contributed by atoms with Crippen LogP contribution >= 0.6 is 0 Å². The minimum absolute atomic E-state index is 0.0225. The van der Waals surface area contributed by atoms with Crippen molar-refractivity contribution in [2.24, 2.45) is 5.10 Å². The summed E-state index contributed by atoms with van der Waals surface area (Å²) in [6, 6.07) is 13.0. The van der Waals surface area contributed by atoms with Crippen molar-refractivity contribution in [1.82, 2.24) is 9.91 Å². The molecule has 1 aliphatic rings. The van der Waals surface area contributed by atoms with E-state index < -0.39 is 0 Å². The van der Waals surface area contributed by atoms with E-state index in [-0.39, 0.29) is 18.5 Å². The molecule has 0 atom stereocenters. The van der Waals surface area contributed by atoms with Gasteiger partial charge in [-0.25, -0.2) is 9.80 Å². The quantitative estimate of drug-likeness (QED) is 0.604. The molecule has 1 aliphatic heterocycles. The Morgan fingerprint density at radius 1 is 1.17 bits per heavy atom. The minimum Gasteiger partial charge on any atom is -0.455 e. The molecule has 0 saturated carbocycles. The molecular formula is C18H19N3O3. The number of hydrogen-bond donors (Lipinski definition) is 0. The second-order valence-electron chi connectivity index (χ2n) is 5.55. The molecule has 0 radical (unpaired) electrons. The van der Waals surface area contributed by atoms with Gasteiger partial charge >= 0.3 is 6.03 Å². The van der Waals surface area contributed by atoms with Crippen molar-refractivity contribution in [3.63, 3.8) is 0 Å². The molecule has 1 saturated heterocycles. The average molecular weight is 325 g/mol. The van der Waals surface area contributed by atoms with Gasteiger partial charge in [0.25, 0.3) is 5.91 Å². The monoisotopic (exact) mass is 325 g/mol. The molecule has 0 spiro atoms. The first kappa shape index (κ1) is 16.0. The van der Waals surface area contributed by atoms with Crippen LogP contribution in [0, 0.1) is 0 Å². The molecule has 0 aliphatic carbocycles. The van der Waals surface area contributed by atoms with Crippen molar-refractivity contribution in [2.75, 3.05) is 13.1 Å². The first-order chi connectivity index (χ1) is 11.7. The highest BCUT2D eigenvalue weighted by atomic mass is 16.3. The molecule has 2 heterocycles. The van der Waals surface area contributed by atoms with Crippen LogP contribution < -0.4 is 0 Å². The number of hydrazone groups is 1. The lowest BCUT2D eigenvalue weighted by atomic mass is 10.2. The van der Waals surface area contributed by atoms with E-state index in [0.717, 1.165) is 24.2 Å². The zero-order valence-corrected chi connectivity index (χ0v) is 13.5. The summed E-state index contributed by atoms with van der Waals surface area (Å²) in [6.45, 7) is 2.44. The molecule has 124 valence electrons. The molecule has 24 heavy (non-hydrogen) atoms. The number of urea groups is 1. The molecule has 1 fully saturated rings. The van der Waals surface area contributed by atoms with Gasteiger partial charge in [-0.2, -0.15) is 5.10 Å². The maximum Gasteiger partial charge on any atom is 0.347 e. The smallest absolute Gasteiger partial charge is 0.347 e. The van der Waals surface area contributed by atoms with Crippen LogP contribution in [-0.2, 0) is 4.79 Å². The number of benzene rings is 1. The molecule has 6 nitrogen and oxygen atoms in total. The fourth-order valence-corrected chi connectivity index (χ4v) is 2.46. The highest BCUT2D eigenvalue weighted by molar-refractivity contribution is 6.02. The van der Waals surface area contributed by atoms with Gasteiger partial charge in [-0.3, -0.25) is 9.69 Å². The van der Waals surface area contributed by atoms with E-state index >= 15 is 0 Å². The standard InChI is InChI=1S/C18H19N3O3/c1-2-3-11-20-17(22)13-21(18(20)23)19-12-15-9-10-16(24-15)14-7-5-4-6-8-14/h4-10,12H,2-3,11,13H2,1H3/b19-12+. The van der Waals surface area contributed by atoms with Crippen LogP contribution in [0.2, 0.25) is 0 Å². The van der Waals surface area contributed by atoms with Gasteiger partial charge in [0.1, 0.15) is 18.1 Å². The third kappa shape index (κ3) is 3.37. The van der Waals surface area contributed by atoms with Gasteiger partial charge < -0.3 is 4.42 Å². The zero-order valence-electron chi connectivity index (χ0n) is 13.5. The predicted octanol–water partition coefficient (Wildman–Crippen LogP) is 3.34. The summed E-state index contributed by atoms with van der Waals surface area (Å²) in [7, 11) is 0. The molecule has 1 aromatic carbocycles. The van der Waals surface area contributed by atoms with Crippen LogP contribution in [0.25, 0.3) is 11.3 Å². The second kappa shape index (κ2) is 7.12. The average Bonchev–Trinajstić information content (AvgIpc) is 3.17. The molecule has 2 aromatic rings. The van der Waals surface area contributed by atoms with E-state index in [1.807, 2.05) is 43.3 Å². The van der Waals surface area contributed by atoms with Crippen LogP contribution in [0.5, 0.6) is 0 Å². The maximum absolute atomic E-state index is 12.2. The van der Waals surface area contributed by atoms with E-state index in [0.29, 0.717) is 12.3 Å². The molecule has 0 N–H and O–H groups in total. The van der Waals surface area contributed by atoms with Crippen molar-refractivity contribution < 1.29 is 14.0 Å². The Balaban J connectivity index is 1.67. The molecule has 1 aromatic heterocycles.